The molecule has 0 bridgehead atoms. The SMILES string of the molecule is CC1=C(CCc2ccoc2)[C@@]2(C)CCCC(C)(C)C2C(=O)[C@@H]1O[C@H]1C(=O)C2C(C)(C)CCC[C@]2(C)C(O)(CCc2ccoc2)C1C. The number of furan rings is 2. The Kier molecular flexibility index (Phi) is 8.45. The number of hydrogen-bond donors (Lipinski definition) is 1. The number of Topliss-reactive ketones (excluding diaryl/α,β-unsaturated/α-hetero) is 2. The average Bonchev–Trinajstić information content (AvgIpc) is 3.68. The maximum Gasteiger partial charge on any atom is 0.170 e. The Labute approximate surface area is 275 Å². The zero-order valence-electron chi connectivity index (χ0n) is 29.4. The molecule has 2 aromatic heterocycles. The van der Waals surface area contributed by atoms with Crippen molar-refractivity contribution in [2.24, 2.45) is 39.4 Å². The van der Waals surface area contributed by atoms with Gasteiger partial charge in [0.05, 0.1) is 30.7 Å². The van der Waals surface area contributed by atoms with E-state index in [1.54, 1.807) is 25.1 Å². The van der Waals surface area contributed by atoms with Gasteiger partial charge in [-0.3, -0.25) is 9.59 Å². The van der Waals surface area contributed by atoms with Crippen molar-refractivity contribution < 1.29 is 28.3 Å². The van der Waals surface area contributed by atoms with Gasteiger partial charge in [0.25, 0.3) is 0 Å². The summed E-state index contributed by atoms with van der Waals surface area (Å²) < 4.78 is 17.7. The van der Waals surface area contributed by atoms with Gasteiger partial charge in [0.15, 0.2) is 11.6 Å². The Morgan fingerprint density at radius 1 is 0.804 bits per heavy atom. The fourth-order valence-electron chi connectivity index (χ4n) is 11.4. The summed E-state index contributed by atoms with van der Waals surface area (Å²) in [4.78, 5) is 29.7. The van der Waals surface area contributed by atoms with Gasteiger partial charge in [-0.05, 0) is 103 Å². The molecule has 0 saturated heterocycles. The fraction of sp³-hybridized carbons (Fsp3) is 0.700. The molecule has 4 aliphatic rings. The lowest BCUT2D eigenvalue weighted by Gasteiger charge is -2.63. The van der Waals surface area contributed by atoms with Crippen LogP contribution >= 0.6 is 0 Å². The van der Waals surface area contributed by atoms with E-state index in [9.17, 15) is 14.7 Å². The molecule has 0 aliphatic heterocycles. The van der Waals surface area contributed by atoms with Gasteiger partial charge >= 0.3 is 0 Å². The fourth-order valence-corrected chi connectivity index (χ4v) is 11.4. The van der Waals surface area contributed by atoms with E-state index >= 15 is 0 Å². The Morgan fingerprint density at radius 2 is 1.39 bits per heavy atom. The molecule has 6 heteroatoms. The number of fused-ring (bicyclic) bond motifs is 2. The maximum absolute atomic E-state index is 14.8. The van der Waals surface area contributed by atoms with Crippen LogP contribution in [0, 0.1) is 39.4 Å². The van der Waals surface area contributed by atoms with Crippen molar-refractivity contribution in [1.82, 2.24) is 0 Å². The number of carbonyl (C=O) groups is 2. The minimum absolute atomic E-state index is 0.0597. The van der Waals surface area contributed by atoms with Gasteiger partial charge in [0, 0.05) is 23.2 Å². The molecule has 4 aliphatic carbocycles. The Balaban J connectivity index is 1.41. The first-order valence-corrected chi connectivity index (χ1v) is 17.7. The Morgan fingerprint density at radius 3 is 2.00 bits per heavy atom. The minimum atomic E-state index is -1.16. The van der Waals surface area contributed by atoms with Crippen LogP contribution in [0.2, 0.25) is 0 Å². The highest BCUT2D eigenvalue weighted by atomic mass is 16.5. The normalized spacial score (nSPS) is 38.8. The number of aliphatic hydroxyl groups is 1. The molecule has 0 radical (unpaired) electrons. The van der Waals surface area contributed by atoms with Gasteiger partial charge in [-0.15, -0.1) is 0 Å². The van der Waals surface area contributed by atoms with Crippen LogP contribution < -0.4 is 0 Å². The van der Waals surface area contributed by atoms with E-state index in [4.69, 9.17) is 13.6 Å². The molecule has 0 aromatic carbocycles. The van der Waals surface area contributed by atoms with Gasteiger partial charge < -0.3 is 18.7 Å². The van der Waals surface area contributed by atoms with E-state index in [-0.39, 0.29) is 39.6 Å². The van der Waals surface area contributed by atoms with Crippen LogP contribution in [0.1, 0.15) is 118 Å². The molecule has 6 rings (SSSR count). The minimum Gasteiger partial charge on any atom is -0.472 e. The van der Waals surface area contributed by atoms with Crippen molar-refractivity contribution >= 4 is 11.6 Å². The molecule has 2 heterocycles. The number of aryl methyl sites for hydroxylation is 2. The summed E-state index contributed by atoms with van der Waals surface area (Å²) in [7, 11) is 0. The summed E-state index contributed by atoms with van der Waals surface area (Å²) in [6.07, 6.45) is 13.8. The highest BCUT2D eigenvalue weighted by Gasteiger charge is 2.68. The molecule has 252 valence electrons. The van der Waals surface area contributed by atoms with Crippen LogP contribution in [0.15, 0.2) is 57.2 Å². The first kappa shape index (κ1) is 33.5. The summed E-state index contributed by atoms with van der Waals surface area (Å²) in [5.41, 5.74) is 1.92. The van der Waals surface area contributed by atoms with Gasteiger partial charge in [-0.1, -0.05) is 66.9 Å². The van der Waals surface area contributed by atoms with E-state index in [0.717, 1.165) is 68.1 Å². The summed E-state index contributed by atoms with van der Waals surface area (Å²) in [5.74, 6) is -0.888. The smallest absolute Gasteiger partial charge is 0.170 e. The number of ether oxygens (including phenoxy) is 1. The second-order valence-electron chi connectivity index (χ2n) is 17.3. The highest BCUT2D eigenvalue weighted by molar-refractivity contribution is 5.93. The molecule has 4 unspecified atom stereocenters. The topological polar surface area (TPSA) is 89.9 Å². The molecule has 46 heavy (non-hydrogen) atoms. The predicted molar refractivity (Wildman–Crippen MR) is 178 cm³/mol. The Bertz CT molecular complexity index is 1460. The van der Waals surface area contributed by atoms with Crippen LogP contribution in [0.25, 0.3) is 0 Å². The zero-order chi connectivity index (χ0) is 33.3. The molecular weight excluding hydrogens is 576 g/mol. The third-order valence-electron chi connectivity index (χ3n) is 13.6. The van der Waals surface area contributed by atoms with Crippen LogP contribution in [-0.2, 0) is 27.2 Å². The number of rotatable bonds is 8. The van der Waals surface area contributed by atoms with Crippen molar-refractivity contribution in [3.63, 3.8) is 0 Å². The molecule has 0 spiro atoms. The Hall–Kier alpha value is -2.44. The van der Waals surface area contributed by atoms with E-state index < -0.39 is 29.1 Å². The average molecular weight is 633 g/mol. The largest absolute Gasteiger partial charge is 0.472 e. The number of allylic oxidation sites excluding steroid dienone is 1. The standard InChI is InChI=1S/C40H56O6/c1-25-29(12-11-27-14-21-44-23-27)38(7)18-9-16-36(3,4)34(38)30(41)32(25)46-33-26(2)40(43,20-13-28-15-22-45-24-28)39(8)19-10-17-37(5,6)35(39)31(33)42/h14-15,21-24,26,32-35,43H,9-13,16-20H2,1-8H3/t26?,32-,33-,34?,35?,38-,39+,40?/m1/s1. The highest BCUT2D eigenvalue weighted by Crippen LogP contribution is 2.64. The van der Waals surface area contributed by atoms with Gasteiger partial charge in [0.1, 0.15) is 12.2 Å². The quantitative estimate of drug-likeness (QED) is 0.293. The summed E-state index contributed by atoms with van der Waals surface area (Å²) >= 11 is 0. The van der Waals surface area contributed by atoms with Crippen LogP contribution in [-0.4, -0.2) is 34.5 Å². The van der Waals surface area contributed by atoms with Crippen LogP contribution in [0.4, 0.5) is 0 Å². The monoisotopic (exact) mass is 632 g/mol. The number of ketones is 2. The van der Waals surface area contributed by atoms with Crippen molar-refractivity contribution in [3.05, 3.63) is 59.5 Å². The van der Waals surface area contributed by atoms with E-state index in [0.29, 0.717) is 12.8 Å². The maximum atomic E-state index is 14.8. The van der Waals surface area contributed by atoms with Crippen molar-refractivity contribution in [2.45, 2.75) is 137 Å². The molecule has 3 fully saturated rings. The lowest BCUT2D eigenvalue weighted by molar-refractivity contribution is -0.238. The van der Waals surface area contributed by atoms with Gasteiger partial charge in [0.2, 0.25) is 0 Å². The number of carbonyl (C=O) groups excluding carboxylic acids is 2. The first-order chi connectivity index (χ1) is 21.6. The lowest BCUT2D eigenvalue weighted by Crippen LogP contribution is -2.70. The zero-order valence-corrected chi connectivity index (χ0v) is 29.4. The molecule has 2 aromatic rings. The third kappa shape index (κ3) is 5.12. The van der Waals surface area contributed by atoms with Crippen molar-refractivity contribution in [1.29, 1.82) is 0 Å². The summed E-state index contributed by atoms with van der Waals surface area (Å²) in [6.45, 7) is 17.3. The second kappa shape index (κ2) is 11.6. The second-order valence-corrected chi connectivity index (χ2v) is 17.3. The predicted octanol–water partition coefficient (Wildman–Crippen LogP) is 8.71. The molecule has 0 amide bonds. The molecule has 8 atom stereocenters. The molecular formula is C40H56O6. The van der Waals surface area contributed by atoms with E-state index in [1.165, 1.54) is 5.57 Å². The van der Waals surface area contributed by atoms with Gasteiger partial charge in [-0.25, -0.2) is 0 Å². The molecule has 3 saturated carbocycles. The lowest BCUT2D eigenvalue weighted by atomic mass is 9.43. The van der Waals surface area contributed by atoms with E-state index in [1.807, 2.05) is 19.1 Å². The summed E-state index contributed by atoms with van der Waals surface area (Å²) in [5, 5.41) is 13.0. The third-order valence-corrected chi connectivity index (χ3v) is 13.6. The van der Waals surface area contributed by atoms with E-state index in [2.05, 4.69) is 48.5 Å². The van der Waals surface area contributed by atoms with Gasteiger partial charge in [-0.2, -0.15) is 0 Å². The van der Waals surface area contributed by atoms with Crippen LogP contribution in [0.3, 0.4) is 0 Å². The first-order valence-electron chi connectivity index (χ1n) is 17.7. The van der Waals surface area contributed by atoms with Crippen LogP contribution in [0.5, 0.6) is 0 Å². The van der Waals surface area contributed by atoms with Crippen molar-refractivity contribution in [3.8, 4) is 0 Å². The summed E-state index contributed by atoms with van der Waals surface area (Å²) in [6, 6.07) is 3.96. The number of hydrogen-bond acceptors (Lipinski definition) is 6. The molecule has 6 nitrogen and oxygen atoms in total. The molecule has 1 N–H and O–H groups in total. The van der Waals surface area contributed by atoms with Crippen molar-refractivity contribution in [2.75, 3.05) is 0 Å².